The van der Waals surface area contributed by atoms with Crippen LogP contribution in [0.15, 0.2) is 10.6 Å². The number of amides is 1. The van der Waals surface area contributed by atoms with Crippen molar-refractivity contribution in [3.63, 3.8) is 0 Å². The van der Waals surface area contributed by atoms with Crippen LogP contribution in [-0.2, 0) is 16.0 Å². The molecule has 0 aromatic carbocycles. The molecule has 0 saturated carbocycles. The fourth-order valence-electron chi connectivity index (χ4n) is 3.20. The third-order valence-corrected chi connectivity index (χ3v) is 4.87. The van der Waals surface area contributed by atoms with Crippen molar-refractivity contribution in [3.8, 4) is 0 Å². The molecule has 1 aliphatic rings. The summed E-state index contributed by atoms with van der Waals surface area (Å²) in [5.41, 5.74) is -0.679. The Hall–Kier alpha value is -1.15. The van der Waals surface area contributed by atoms with E-state index in [-0.39, 0.29) is 24.1 Å². The number of ether oxygens (including phenoxy) is 1. The molecule has 1 aromatic heterocycles. The van der Waals surface area contributed by atoms with Gasteiger partial charge in [0.15, 0.2) is 5.15 Å². The first-order valence-electron chi connectivity index (χ1n) is 8.17. The molecule has 2 heterocycles. The van der Waals surface area contributed by atoms with Crippen LogP contribution in [-0.4, -0.2) is 65.7 Å². The minimum atomic E-state index is -0.679. The third kappa shape index (κ3) is 4.69. The lowest BCUT2D eigenvalue weighted by molar-refractivity contribution is -0.142. The third-order valence-electron chi connectivity index (χ3n) is 4.69. The Bertz CT molecular complexity index is 538. The summed E-state index contributed by atoms with van der Waals surface area (Å²) in [6.07, 6.45) is 1.89. The van der Waals surface area contributed by atoms with E-state index in [0.717, 1.165) is 6.42 Å². The van der Waals surface area contributed by atoms with Gasteiger partial charge in [0.05, 0.1) is 12.7 Å². The van der Waals surface area contributed by atoms with E-state index in [9.17, 15) is 15.0 Å². The highest BCUT2D eigenvalue weighted by molar-refractivity contribution is 6.29. The molecule has 1 fully saturated rings. The molecule has 24 heavy (non-hydrogen) atoms. The summed E-state index contributed by atoms with van der Waals surface area (Å²) in [5.74, 6) is 0.540. The van der Waals surface area contributed by atoms with Gasteiger partial charge in [-0.3, -0.25) is 4.79 Å². The first-order valence-corrected chi connectivity index (χ1v) is 8.55. The van der Waals surface area contributed by atoms with Crippen LogP contribution in [0.2, 0.25) is 5.15 Å². The summed E-state index contributed by atoms with van der Waals surface area (Å²) in [7, 11) is 1.62. The molecule has 1 aromatic rings. The molecule has 0 bridgehead atoms. The van der Waals surface area contributed by atoms with E-state index in [1.54, 1.807) is 18.1 Å². The Morgan fingerprint density at radius 1 is 1.62 bits per heavy atom. The van der Waals surface area contributed by atoms with Crippen LogP contribution in [0.25, 0.3) is 0 Å². The van der Waals surface area contributed by atoms with Crippen molar-refractivity contribution in [1.82, 2.24) is 10.1 Å². The Balaban J connectivity index is 1.93. The van der Waals surface area contributed by atoms with E-state index in [4.69, 9.17) is 20.9 Å². The Morgan fingerprint density at radius 2 is 2.42 bits per heavy atom. The number of nitrogens with zero attached hydrogens (tertiary/aromatic N) is 2. The fraction of sp³-hybridized carbons (Fsp3) is 0.750. The molecule has 2 rings (SSSR count). The van der Waals surface area contributed by atoms with Crippen LogP contribution in [0.3, 0.4) is 0 Å². The van der Waals surface area contributed by atoms with Gasteiger partial charge in [0.1, 0.15) is 5.76 Å². The van der Waals surface area contributed by atoms with Crippen LogP contribution < -0.4 is 0 Å². The number of carbonyl (C=O) groups is 1. The average molecular weight is 361 g/mol. The molecule has 2 N–H and O–H groups in total. The number of hydrogen-bond acceptors (Lipinski definition) is 6. The topological polar surface area (TPSA) is 96.0 Å². The van der Waals surface area contributed by atoms with Crippen molar-refractivity contribution in [3.05, 3.63) is 17.0 Å². The van der Waals surface area contributed by atoms with Crippen molar-refractivity contribution in [1.29, 1.82) is 0 Å². The Kier molecular flexibility index (Phi) is 7.03. The van der Waals surface area contributed by atoms with Crippen LogP contribution in [0.1, 0.15) is 31.4 Å². The SMILES string of the molecule is COCCC[C@@]1(CO)CN(C(=O)CCc2cc(Cl)no2)CC[C@H]1O. The zero-order chi connectivity index (χ0) is 17.6. The molecule has 0 spiro atoms. The summed E-state index contributed by atoms with van der Waals surface area (Å²) in [4.78, 5) is 14.2. The lowest BCUT2D eigenvalue weighted by Crippen LogP contribution is -2.55. The number of aliphatic hydroxyl groups excluding tert-OH is 2. The van der Waals surface area contributed by atoms with Crippen LogP contribution in [0, 0.1) is 5.41 Å². The monoisotopic (exact) mass is 360 g/mol. The van der Waals surface area contributed by atoms with E-state index in [2.05, 4.69) is 5.16 Å². The number of hydrogen-bond donors (Lipinski definition) is 2. The number of aromatic nitrogens is 1. The lowest BCUT2D eigenvalue weighted by atomic mass is 9.74. The second-order valence-corrected chi connectivity index (χ2v) is 6.74. The molecule has 0 aliphatic carbocycles. The average Bonchev–Trinajstić information content (AvgIpc) is 3.00. The molecule has 1 amide bonds. The van der Waals surface area contributed by atoms with Gasteiger partial charge in [0.25, 0.3) is 0 Å². The maximum absolute atomic E-state index is 12.5. The van der Waals surface area contributed by atoms with Crippen LogP contribution in [0.4, 0.5) is 0 Å². The van der Waals surface area contributed by atoms with Crippen molar-refractivity contribution < 1.29 is 24.3 Å². The van der Waals surface area contributed by atoms with Gasteiger partial charge in [-0.1, -0.05) is 16.8 Å². The number of carbonyl (C=O) groups excluding carboxylic acids is 1. The number of halogens is 1. The van der Waals surface area contributed by atoms with Crippen LogP contribution in [0.5, 0.6) is 0 Å². The van der Waals surface area contributed by atoms with Gasteiger partial charge in [-0.2, -0.15) is 0 Å². The summed E-state index contributed by atoms with van der Waals surface area (Å²) in [5, 5.41) is 24.1. The molecular weight excluding hydrogens is 336 g/mol. The van der Waals surface area contributed by atoms with E-state index < -0.39 is 11.5 Å². The molecular formula is C16H25ClN2O5. The number of piperidine rings is 1. The molecule has 0 radical (unpaired) electrons. The molecule has 7 nitrogen and oxygen atoms in total. The zero-order valence-corrected chi connectivity index (χ0v) is 14.7. The van der Waals surface area contributed by atoms with Gasteiger partial charge in [0.2, 0.25) is 5.91 Å². The summed E-state index contributed by atoms with van der Waals surface area (Å²) < 4.78 is 10.1. The highest BCUT2D eigenvalue weighted by atomic mass is 35.5. The van der Waals surface area contributed by atoms with Crippen LogP contribution >= 0.6 is 11.6 Å². The number of aliphatic hydroxyl groups is 2. The minimum Gasteiger partial charge on any atom is -0.396 e. The highest BCUT2D eigenvalue weighted by Gasteiger charge is 2.43. The summed E-state index contributed by atoms with van der Waals surface area (Å²) >= 11 is 5.69. The molecule has 2 atom stereocenters. The van der Waals surface area contributed by atoms with Gasteiger partial charge < -0.3 is 24.4 Å². The highest BCUT2D eigenvalue weighted by Crippen LogP contribution is 2.35. The van der Waals surface area contributed by atoms with Gasteiger partial charge in [-0.05, 0) is 19.3 Å². The lowest BCUT2D eigenvalue weighted by Gasteiger charge is -2.45. The first-order chi connectivity index (χ1) is 11.5. The number of aryl methyl sites for hydroxylation is 1. The minimum absolute atomic E-state index is 0.0287. The van der Waals surface area contributed by atoms with Crippen molar-refractivity contribution in [2.45, 2.75) is 38.2 Å². The zero-order valence-electron chi connectivity index (χ0n) is 13.9. The molecule has 1 saturated heterocycles. The Morgan fingerprint density at radius 3 is 3.04 bits per heavy atom. The molecule has 1 aliphatic heterocycles. The second kappa shape index (κ2) is 8.80. The largest absolute Gasteiger partial charge is 0.396 e. The maximum atomic E-state index is 12.5. The van der Waals surface area contributed by atoms with Gasteiger partial charge >= 0.3 is 0 Å². The maximum Gasteiger partial charge on any atom is 0.223 e. The molecule has 0 unspecified atom stereocenters. The quantitative estimate of drug-likeness (QED) is 0.677. The predicted octanol–water partition coefficient (Wildman–Crippen LogP) is 1.26. The number of methoxy groups -OCH3 is 1. The van der Waals surface area contributed by atoms with Crippen molar-refractivity contribution in [2.24, 2.45) is 5.41 Å². The van der Waals surface area contributed by atoms with E-state index in [1.165, 1.54) is 0 Å². The standard InChI is InChI=1S/C16H25ClN2O5/c1-23-8-2-6-16(11-20)10-19(7-5-13(16)21)15(22)4-3-12-9-14(17)18-24-12/h9,13,20-21H,2-8,10-11H2,1H3/t13-,16+/m1/s1. The number of likely N-dealkylation sites (tertiary alicyclic amines) is 1. The van der Waals surface area contributed by atoms with E-state index in [0.29, 0.717) is 44.7 Å². The predicted molar refractivity (Wildman–Crippen MR) is 87.7 cm³/mol. The second-order valence-electron chi connectivity index (χ2n) is 6.35. The molecule has 136 valence electrons. The van der Waals surface area contributed by atoms with Gasteiger partial charge in [-0.15, -0.1) is 0 Å². The molecule has 8 heteroatoms. The smallest absolute Gasteiger partial charge is 0.223 e. The number of rotatable bonds is 8. The van der Waals surface area contributed by atoms with Crippen molar-refractivity contribution in [2.75, 3.05) is 33.4 Å². The summed E-state index contributed by atoms with van der Waals surface area (Å²) in [6, 6.07) is 1.59. The van der Waals surface area contributed by atoms with Crippen molar-refractivity contribution >= 4 is 17.5 Å². The normalized spacial score (nSPS) is 24.3. The van der Waals surface area contributed by atoms with Gasteiger partial charge in [-0.25, -0.2) is 0 Å². The summed E-state index contributed by atoms with van der Waals surface area (Å²) in [6.45, 7) is 1.25. The van der Waals surface area contributed by atoms with Gasteiger partial charge in [0, 0.05) is 51.1 Å². The van der Waals surface area contributed by atoms with E-state index >= 15 is 0 Å². The Labute approximate surface area is 146 Å². The fourth-order valence-corrected chi connectivity index (χ4v) is 3.36. The van der Waals surface area contributed by atoms with E-state index in [1.807, 2.05) is 0 Å². The first kappa shape index (κ1) is 19.2.